The minimum atomic E-state index is -0.657. The van der Waals surface area contributed by atoms with Gasteiger partial charge in [-0.15, -0.1) is 0 Å². The number of rotatable bonds is 33. The number of amides is 1. The molecule has 4 nitrogen and oxygen atoms in total. The van der Waals surface area contributed by atoms with Crippen LogP contribution in [0.1, 0.15) is 200 Å². The monoisotopic (exact) mass is 580 g/mol. The molecule has 0 fully saturated rings. The fourth-order valence-electron chi connectivity index (χ4n) is 5.66. The van der Waals surface area contributed by atoms with E-state index in [1.807, 2.05) is 0 Å². The summed E-state index contributed by atoms with van der Waals surface area (Å²) in [6, 6.07) is -0.534. The molecular formula is C37H73NO3. The second kappa shape index (κ2) is 33.6. The normalized spacial score (nSPS) is 13.2. The molecule has 0 saturated carbocycles. The van der Waals surface area contributed by atoms with Gasteiger partial charge in [-0.2, -0.15) is 0 Å². The second-order valence-corrected chi connectivity index (χ2v) is 12.6. The van der Waals surface area contributed by atoms with Gasteiger partial charge in [-0.05, 0) is 32.1 Å². The molecule has 0 aromatic carbocycles. The molecule has 0 heterocycles. The molecular weight excluding hydrogens is 506 g/mol. The van der Waals surface area contributed by atoms with Gasteiger partial charge in [-0.3, -0.25) is 4.79 Å². The molecule has 0 spiro atoms. The minimum Gasteiger partial charge on any atom is -0.394 e. The van der Waals surface area contributed by atoms with Crippen LogP contribution in [0.15, 0.2) is 12.2 Å². The third kappa shape index (κ3) is 30.4. The summed E-state index contributed by atoms with van der Waals surface area (Å²) in [6.07, 6.45) is 39.9. The number of aliphatic hydroxyl groups is 2. The maximum atomic E-state index is 12.3. The van der Waals surface area contributed by atoms with Crippen molar-refractivity contribution in [2.45, 2.75) is 212 Å². The zero-order valence-electron chi connectivity index (χ0n) is 27.8. The highest BCUT2D eigenvalue weighted by molar-refractivity contribution is 5.76. The van der Waals surface area contributed by atoms with Crippen LogP contribution in [0, 0.1) is 0 Å². The standard InChI is InChI=1S/C37H73NO3/c1-3-5-7-9-11-13-15-16-17-18-19-20-21-22-23-24-26-28-30-32-36(40)35(34-39)38-37(41)33-31-29-27-25-14-12-10-8-6-4-2/h8,10,35-36,39-40H,3-7,9,11-34H2,1-2H3,(H,38,41)/b10-8-. The Bertz CT molecular complexity index is 550. The topological polar surface area (TPSA) is 69.6 Å². The van der Waals surface area contributed by atoms with Crippen LogP contribution in [-0.4, -0.2) is 34.9 Å². The van der Waals surface area contributed by atoms with Crippen LogP contribution in [0.3, 0.4) is 0 Å². The van der Waals surface area contributed by atoms with Gasteiger partial charge in [-0.25, -0.2) is 0 Å². The van der Waals surface area contributed by atoms with Crippen molar-refractivity contribution in [1.29, 1.82) is 0 Å². The largest absolute Gasteiger partial charge is 0.394 e. The second-order valence-electron chi connectivity index (χ2n) is 12.6. The summed E-state index contributed by atoms with van der Waals surface area (Å²) in [5.41, 5.74) is 0. The Morgan fingerprint density at radius 2 is 0.976 bits per heavy atom. The molecule has 2 atom stereocenters. The van der Waals surface area contributed by atoms with E-state index in [9.17, 15) is 15.0 Å². The molecule has 0 rings (SSSR count). The van der Waals surface area contributed by atoms with Crippen LogP contribution in [0.5, 0.6) is 0 Å². The van der Waals surface area contributed by atoms with Crippen LogP contribution in [0.25, 0.3) is 0 Å². The van der Waals surface area contributed by atoms with Gasteiger partial charge >= 0.3 is 0 Å². The van der Waals surface area contributed by atoms with Crippen molar-refractivity contribution in [3.63, 3.8) is 0 Å². The number of carbonyl (C=O) groups is 1. The maximum Gasteiger partial charge on any atom is 0.220 e. The van der Waals surface area contributed by atoms with Gasteiger partial charge < -0.3 is 15.5 Å². The van der Waals surface area contributed by atoms with E-state index in [1.165, 1.54) is 141 Å². The van der Waals surface area contributed by atoms with Crippen molar-refractivity contribution in [2.24, 2.45) is 0 Å². The zero-order valence-corrected chi connectivity index (χ0v) is 27.8. The Labute approximate surface area is 256 Å². The summed E-state index contributed by atoms with van der Waals surface area (Å²) in [5, 5.41) is 23.0. The van der Waals surface area contributed by atoms with Crippen LogP contribution in [0.2, 0.25) is 0 Å². The van der Waals surface area contributed by atoms with E-state index in [0.717, 1.165) is 32.1 Å². The zero-order chi connectivity index (χ0) is 30.1. The van der Waals surface area contributed by atoms with Crippen molar-refractivity contribution in [1.82, 2.24) is 5.32 Å². The lowest BCUT2D eigenvalue weighted by molar-refractivity contribution is -0.123. The fourth-order valence-corrected chi connectivity index (χ4v) is 5.66. The van der Waals surface area contributed by atoms with Gasteiger partial charge in [0.2, 0.25) is 5.91 Å². The third-order valence-electron chi connectivity index (χ3n) is 8.51. The number of allylic oxidation sites excluding steroid dienone is 2. The fraction of sp³-hybridized carbons (Fsp3) is 0.919. The van der Waals surface area contributed by atoms with E-state index in [0.29, 0.717) is 12.8 Å². The molecule has 3 N–H and O–H groups in total. The van der Waals surface area contributed by atoms with E-state index in [-0.39, 0.29) is 12.5 Å². The molecule has 1 amide bonds. The molecule has 0 aromatic rings. The van der Waals surface area contributed by atoms with Crippen molar-refractivity contribution in [2.75, 3.05) is 6.61 Å². The number of hydrogen-bond acceptors (Lipinski definition) is 3. The first-order chi connectivity index (χ1) is 20.2. The Morgan fingerprint density at radius 3 is 1.44 bits per heavy atom. The van der Waals surface area contributed by atoms with E-state index in [2.05, 4.69) is 31.3 Å². The summed E-state index contributed by atoms with van der Waals surface area (Å²) in [5.74, 6) is -0.0428. The lowest BCUT2D eigenvalue weighted by atomic mass is 10.0. The molecule has 0 aromatic heterocycles. The van der Waals surface area contributed by atoms with Crippen molar-refractivity contribution in [3.05, 3.63) is 12.2 Å². The van der Waals surface area contributed by atoms with E-state index in [4.69, 9.17) is 0 Å². The molecule has 4 heteroatoms. The number of nitrogens with one attached hydrogen (secondary N) is 1. The predicted octanol–water partition coefficient (Wildman–Crippen LogP) is 10.7. The minimum absolute atomic E-state index is 0.0428. The van der Waals surface area contributed by atoms with Crippen LogP contribution in [-0.2, 0) is 4.79 Å². The number of aliphatic hydroxyl groups excluding tert-OH is 2. The van der Waals surface area contributed by atoms with E-state index in [1.54, 1.807) is 0 Å². The summed E-state index contributed by atoms with van der Waals surface area (Å²) < 4.78 is 0. The van der Waals surface area contributed by atoms with Crippen molar-refractivity contribution in [3.8, 4) is 0 Å². The molecule has 0 saturated heterocycles. The first-order valence-corrected chi connectivity index (χ1v) is 18.4. The quantitative estimate of drug-likeness (QED) is 0.0535. The molecule has 0 aliphatic rings. The molecule has 0 aliphatic heterocycles. The lowest BCUT2D eigenvalue weighted by Gasteiger charge is -2.22. The van der Waals surface area contributed by atoms with E-state index >= 15 is 0 Å². The SMILES string of the molecule is CCC/C=C\CCCCCCCC(=O)NC(CO)C(O)CCCCCCCCCCCCCCCCCCCCC. The number of hydrogen-bond donors (Lipinski definition) is 3. The van der Waals surface area contributed by atoms with Gasteiger partial charge in [0.15, 0.2) is 0 Å². The Morgan fingerprint density at radius 1 is 0.561 bits per heavy atom. The van der Waals surface area contributed by atoms with Gasteiger partial charge in [0.05, 0.1) is 18.8 Å². The first-order valence-electron chi connectivity index (χ1n) is 18.4. The molecule has 244 valence electrons. The smallest absolute Gasteiger partial charge is 0.220 e. The van der Waals surface area contributed by atoms with Gasteiger partial charge in [0.1, 0.15) is 0 Å². The lowest BCUT2D eigenvalue weighted by Crippen LogP contribution is -2.45. The molecule has 0 aliphatic carbocycles. The van der Waals surface area contributed by atoms with Gasteiger partial charge in [0, 0.05) is 6.42 Å². The van der Waals surface area contributed by atoms with Crippen LogP contribution >= 0.6 is 0 Å². The first kappa shape index (κ1) is 40.1. The van der Waals surface area contributed by atoms with Crippen LogP contribution < -0.4 is 5.32 Å². The molecule has 0 radical (unpaired) electrons. The van der Waals surface area contributed by atoms with Crippen molar-refractivity contribution < 1.29 is 15.0 Å². The average Bonchev–Trinajstić information content (AvgIpc) is 2.97. The highest BCUT2D eigenvalue weighted by atomic mass is 16.3. The summed E-state index contributed by atoms with van der Waals surface area (Å²) in [6.45, 7) is 4.29. The Kier molecular flexibility index (Phi) is 32.9. The molecule has 41 heavy (non-hydrogen) atoms. The number of carbonyl (C=O) groups excluding carboxylic acids is 1. The predicted molar refractivity (Wildman–Crippen MR) is 179 cm³/mol. The molecule has 2 unspecified atom stereocenters. The Hall–Kier alpha value is -0.870. The molecule has 0 bridgehead atoms. The van der Waals surface area contributed by atoms with E-state index < -0.39 is 12.1 Å². The summed E-state index contributed by atoms with van der Waals surface area (Å²) >= 11 is 0. The van der Waals surface area contributed by atoms with Gasteiger partial charge in [0.25, 0.3) is 0 Å². The Balaban J connectivity index is 3.50. The average molecular weight is 580 g/mol. The highest BCUT2D eigenvalue weighted by Crippen LogP contribution is 2.16. The van der Waals surface area contributed by atoms with Crippen molar-refractivity contribution >= 4 is 5.91 Å². The summed E-state index contributed by atoms with van der Waals surface area (Å²) in [7, 11) is 0. The third-order valence-corrected chi connectivity index (χ3v) is 8.51. The summed E-state index contributed by atoms with van der Waals surface area (Å²) in [4.78, 5) is 12.3. The van der Waals surface area contributed by atoms with Gasteiger partial charge in [-0.1, -0.05) is 174 Å². The maximum absolute atomic E-state index is 12.3. The number of unbranched alkanes of at least 4 members (excludes halogenated alkanes) is 24. The highest BCUT2D eigenvalue weighted by Gasteiger charge is 2.19. The van der Waals surface area contributed by atoms with Crippen LogP contribution in [0.4, 0.5) is 0 Å².